The van der Waals surface area contributed by atoms with Gasteiger partial charge in [0.25, 0.3) is 0 Å². The van der Waals surface area contributed by atoms with E-state index in [1.165, 1.54) is 31.2 Å². The Balaban J connectivity index is 1.50. The van der Waals surface area contributed by atoms with Gasteiger partial charge >= 0.3 is 5.97 Å². The lowest BCUT2D eigenvalue weighted by molar-refractivity contribution is -0.137. The lowest BCUT2D eigenvalue weighted by atomic mass is 9.74. The summed E-state index contributed by atoms with van der Waals surface area (Å²) in [5, 5.41) is 8.86. The van der Waals surface area contributed by atoms with Crippen LogP contribution >= 0.6 is 0 Å². The molecular formula is C22H33NO4. The van der Waals surface area contributed by atoms with Gasteiger partial charge in [-0.15, -0.1) is 0 Å². The highest BCUT2D eigenvalue weighted by atomic mass is 16.5. The zero-order valence-corrected chi connectivity index (χ0v) is 16.5. The molecule has 1 spiro atoms. The summed E-state index contributed by atoms with van der Waals surface area (Å²) in [5.74, 6) is 1.15. The van der Waals surface area contributed by atoms with Crippen molar-refractivity contribution in [2.24, 2.45) is 0 Å². The van der Waals surface area contributed by atoms with Crippen LogP contribution in [0.25, 0.3) is 0 Å². The molecule has 1 N–H and O–H groups in total. The minimum atomic E-state index is -0.720. The molecule has 0 bridgehead atoms. The Kier molecular flexibility index (Phi) is 7.00. The van der Waals surface area contributed by atoms with Crippen molar-refractivity contribution in [2.45, 2.75) is 63.7 Å². The van der Waals surface area contributed by atoms with E-state index in [0.717, 1.165) is 57.1 Å². The van der Waals surface area contributed by atoms with E-state index in [2.05, 4.69) is 24.0 Å². The van der Waals surface area contributed by atoms with E-state index in [1.54, 1.807) is 0 Å². The van der Waals surface area contributed by atoms with Crippen molar-refractivity contribution in [1.29, 1.82) is 0 Å². The molecule has 1 aromatic carbocycles. The Labute approximate surface area is 162 Å². The summed E-state index contributed by atoms with van der Waals surface area (Å²) in [6, 6.07) is 6.31. The molecule has 0 atom stereocenters. The number of carboxylic acid groups (broad SMARTS) is 1. The topological polar surface area (TPSA) is 59.0 Å². The third-order valence-electron chi connectivity index (χ3n) is 6.00. The van der Waals surface area contributed by atoms with E-state index in [9.17, 15) is 4.79 Å². The first-order chi connectivity index (χ1) is 13.1. The Hall–Kier alpha value is -1.75. The highest BCUT2D eigenvalue weighted by Gasteiger charge is 2.43. The summed E-state index contributed by atoms with van der Waals surface area (Å²) in [6.07, 6.45) is 8.47. The van der Waals surface area contributed by atoms with E-state index < -0.39 is 5.97 Å². The van der Waals surface area contributed by atoms with Gasteiger partial charge in [0, 0.05) is 23.6 Å². The van der Waals surface area contributed by atoms with Crippen molar-refractivity contribution in [1.82, 2.24) is 4.90 Å². The van der Waals surface area contributed by atoms with Gasteiger partial charge in [-0.3, -0.25) is 4.79 Å². The third kappa shape index (κ3) is 5.16. The highest BCUT2D eigenvalue weighted by Crippen LogP contribution is 2.46. The number of fused-ring (bicyclic) bond motifs is 2. The van der Waals surface area contributed by atoms with Crippen molar-refractivity contribution < 1.29 is 19.4 Å². The van der Waals surface area contributed by atoms with E-state index >= 15 is 0 Å². The van der Waals surface area contributed by atoms with Crippen molar-refractivity contribution in [3.63, 3.8) is 0 Å². The predicted octanol–water partition coefficient (Wildman–Crippen LogP) is 4.24. The molecule has 1 aromatic rings. The van der Waals surface area contributed by atoms with Gasteiger partial charge < -0.3 is 19.5 Å². The summed E-state index contributed by atoms with van der Waals surface area (Å²) in [6.45, 7) is 6.25. The minimum absolute atomic E-state index is 0.0910. The quantitative estimate of drug-likeness (QED) is 0.620. The van der Waals surface area contributed by atoms with Gasteiger partial charge in [-0.2, -0.15) is 0 Å². The molecule has 0 radical (unpaired) electrons. The fraction of sp³-hybridized carbons (Fsp3) is 0.682. The number of rotatable bonds is 10. The molecule has 3 rings (SSSR count). The first-order valence-corrected chi connectivity index (χ1v) is 10.5. The molecule has 0 saturated carbocycles. The number of benzene rings is 1. The molecule has 1 saturated heterocycles. The fourth-order valence-electron chi connectivity index (χ4n) is 4.21. The number of carboxylic acids is 1. The fourth-order valence-corrected chi connectivity index (χ4v) is 4.21. The molecule has 1 fully saturated rings. The van der Waals surface area contributed by atoms with E-state index in [-0.39, 0.29) is 11.8 Å². The summed E-state index contributed by atoms with van der Waals surface area (Å²) in [7, 11) is 0. The van der Waals surface area contributed by atoms with Crippen LogP contribution in [0.5, 0.6) is 11.5 Å². The molecule has 5 nitrogen and oxygen atoms in total. The molecule has 2 heterocycles. The molecular weight excluding hydrogens is 342 g/mol. The van der Waals surface area contributed by atoms with Crippen molar-refractivity contribution in [3.8, 4) is 11.5 Å². The molecule has 0 unspecified atom stereocenters. The van der Waals surface area contributed by atoms with Crippen LogP contribution in [0.2, 0.25) is 0 Å². The van der Waals surface area contributed by atoms with Crippen LogP contribution in [-0.2, 0) is 10.2 Å². The number of carbonyl (C=O) groups is 1. The van der Waals surface area contributed by atoms with E-state index in [0.29, 0.717) is 6.54 Å². The zero-order chi connectivity index (χ0) is 19.1. The second-order valence-electron chi connectivity index (χ2n) is 7.98. The lowest BCUT2D eigenvalue weighted by Crippen LogP contribution is -2.44. The Morgan fingerprint density at radius 3 is 2.74 bits per heavy atom. The SMILES string of the molecule is CCCCCCCOc1ccc2c(c1)OCC21CCN(CCC(=O)O)CC1. The van der Waals surface area contributed by atoms with Crippen LogP contribution in [0, 0.1) is 0 Å². The number of hydrogen-bond donors (Lipinski definition) is 1. The van der Waals surface area contributed by atoms with Crippen LogP contribution in [0.4, 0.5) is 0 Å². The van der Waals surface area contributed by atoms with Gasteiger partial charge in [0.1, 0.15) is 11.5 Å². The van der Waals surface area contributed by atoms with Crippen molar-refractivity contribution >= 4 is 5.97 Å². The maximum atomic E-state index is 10.8. The third-order valence-corrected chi connectivity index (χ3v) is 6.00. The van der Waals surface area contributed by atoms with Gasteiger partial charge in [0.15, 0.2) is 0 Å². The van der Waals surface area contributed by atoms with Crippen molar-refractivity contribution in [2.75, 3.05) is 32.8 Å². The van der Waals surface area contributed by atoms with Crippen LogP contribution < -0.4 is 9.47 Å². The zero-order valence-electron chi connectivity index (χ0n) is 16.5. The molecule has 0 aromatic heterocycles. The van der Waals surface area contributed by atoms with Gasteiger partial charge in [-0.25, -0.2) is 0 Å². The molecule has 0 amide bonds. The number of nitrogens with zero attached hydrogens (tertiary/aromatic N) is 1. The van der Waals surface area contributed by atoms with Gasteiger partial charge in [0.2, 0.25) is 0 Å². The van der Waals surface area contributed by atoms with E-state index in [4.69, 9.17) is 14.6 Å². The monoisotopic (exact) mass is 375 g/mol. The molecule has 27 heavy (non-hydrogen) atoms. The van der Waals surface area contributed by atoms with Crippen LogP contribution in [0.3, 0.4) is 0 Å². The largest absolute Gasteiger partial charge is 0.493 e. The number of unbranched alkanes of at least 4 members (excludes halogenated alkanes) is 4. The average Bonchev–Trinajstić information content (AvgIpc) is 3.02. The van der Waals surface area contributed by atoms with Crippen LogP contribution in [0.15, 0.2) is 18.2 Å². The number of likely N-dealkylation sites (tertiary alicyclic amines) is 1. The number of piperidine rings is 1. The second-order valence-corrected chi connectivity index (χ2v) is 7.98. The Bertz CT molecular complexity index is 623. The Morgan fingerprint density at radius 2 is 2.00 bits per heavy atom. The number of aliphatic carboxylic acids is 1. The Morgan fingerprint density at radius 1 is 1.22 bits per heavy atom. The lowest BCUT2D eigenvalue weighted by Gasteiger charge is -2.38. The smallest absolute Gasteiger partial charge is 0.304 e. The summed E-state index contributed by atoms with van der Waals surface area (Å²) < 4.78 is 11.9. The van der Waals surface area contributed by atoms with Crippen LogP contribution in [-0.4, -0.2) is 48.8 Å². The second kappa shape index (κ2) is 9.45. The van der Waals surface area contributed by atoms with Gasteiger partial charge in [-0.1, -0.05) is 38.7 Å². The molecule has 2 aliphatic rings. The van der Waals surface area contributed by atoms with Gasteiger partial charge in [0.05, 0.1) is 19.6 Å². The number of hydrogen-bond acceptors (Lipinski definition) is 4. The van der Waals surface area contributed by atoms with Gasteiger partial charge in [-0.05, 0) is 38.4 Å². The standard InChI is InChI=1S/C22H33NO4/c1-2-3-4-5-6-15-26-18-7-8-19-20(16-18)27-17-22(19)10-13-23(14-11-22)12-9-21(24)25/h7-8,16H,2-6,9-15,17H2,1H3,(H,24,25). The molecule has 150 valence electrons. The summed E-state index contributed by atoms with van der Waals surface area (Å²) >= 11 is 0. The predicted molar refractivity (Wildman–Crippen MR) is 106 cm³/mol. The summed E-state index contributed by atoms with van der Waals surface area (Å²) in [4.78, 5) is 13.0. The normalized spacial score (nSPS) is 18.3. The highest BCUT2D eigenvalue weighted by molar-refractivity contribution is 5.66. The van der Waals surface area contributed by atoms with E-state index in [1.807, 2.05) is 6.07 Å². The molecule has 2 aliphatic heterocycles. The molecule has 5 heteroatoms. The average molecular weight is 376 g/mol. The number of ether oxygens (including phenoxy) is 2. The first-order valence-electron chi connectivity index (χ1n) is 10.5. The molecule has 0 aliphatic carbocycles. The minimum Gasteiger partial charge on any atom is -0.493 e. The maximum Gasteiger partial charge on any atom is 0.304 e. The first kappa shape index (κ1) is 20.0. The van der Waals surface area contributed by atoms with Crippen molar-refractivity contribution in [3.05, 3.63) is 23.8 Å². The maximum absolute atomic E-state index is 10.8. The summed E-state index contributed by atoms with van der Waals surface area (Å²) in [5.41, 5.74) is 1.39. The van der Waals surface area contributed by atoms with Crippen LogP contribution in [0.1, 0.15) is 63.9 Å².